The summed E-state index contributed by atoms with van der Waals surface area (Å²) in [6, 6.07) is 12.3. The number of nitrogens with zero attached hydrogens (tertiary/aromatic N) is 2. The number of aliphatic hydroxyl groups excluding tert-OH is 1. The molecule has 7 nitrogen and oxygen atoms in total. The summed E-state index contributed by atoms with van der Waals surface area (Å²) >= 11 is 0. The average molecular weight is 422 g/mol. The number of rotatable bonds is 5. The number of ether oxygens (including phenoxy) is 1. The van der Waals surface area contributed by atoms with Crippen LogP contribution in [-0.4, -0.2) is 40.1 Å². The predicted molar refractivity (Wildman–Crippen MR) is 116 cm³/mol. The predicted octanol–water partition coefficient (Wildman–Crippen LogP) is 3.56. The van der Waals surface area contributed by atoms with Crippen molar-refractivity contribution in [1.29, 1.82) is 0 Å². The van der Waals surface area contributed by atoms with Crippen molar-refractivity contribution in [2.45, 2.75) is 38.9 Å². The SMILES string of the molecule is CC(C)Oc1ccc2cc(C(=O)N3CCC(C(O)c4ccccn4)CC3)c(=O)oc2c1. The summed E-state index contributed by atoms with van der Waals surface area (Å²) in [6.45, 7) is 4.76. The first-order valence-corrected chi connectivity index (χ1v) is 10.5. The molecule has 0 saturated carbocycles. The Hall–Kier alpha value is -3.19. The van der Waals surface area contributed by atoms with Crippen LogP contribution in [0.1, 0.15) is 48.8 Å². The molecule has 1 saturated heterocycles. The molecule has 3 heterocycles. The minimum atomic E-state index is -0.661. The van der Waals surface area contributed by atoms with E-state index < -0.39 is 11.7 Å². The third-order valence-corrected chi connectivity index (χ3v) is 5.57. The number of benzene rings is 1. The second-order valence-electron chi connectivity index (χ2n) is 8.14. The highest BCUT2D eigenvalue weighted by Crippen LogP contribution is 2.30. The molecule has 1 fully saturated rings. The van der Waals surface area contributed by atoms with Gasteiger partial charge >= 0.3 is 5.63 Å². The highest BCUT2D eigenvalue weighted by Gasteiger charge is 2.30. The van der Waals surface area contributed by atoms with Crippen LogP contribution >= 0.6 is 0 Å². The Morgan fingerprint density at radius 2 is 1.97 bits per heavy atom. The molecule has 7 heteroatoms. The highest BCUT2D eigenvalue weighted by molar-refractivity contribution is 5.96. The van der Waals surface area contributed by atoms with Crippen LogP contribution < -0.4 is 10.4 Å². The van der Waals surface area contributed by atoms with E-state index in [0.29, 0.717) is 48.3 Å². The Labute approximate surface area is 180 Å². The molecule has 1 aliphatic rings. The van der Waals surface area contributed by atoms with Crippen molar-refractivity contribution in [3.63, 3.8) is 0 Å². The van der Waals surface area contributed by atoms with Crippen LogP contribution in [0.5, 0.6) is 5.75 Å². The summed E-state index contributed by atoms with van der Waals surface area (Å²) < 4.78 is 11.0. The highest BCUT2D eigenvalue weighted by atomic mass is 16.5. The number of carbonyl (C=O) groups excluding carboxylic acids is 1. The van der Waals surface area contributed by atoms with Gasteiger partial charge in [-0.15, -0.1) is 0 Å². The van der Waals surface area contributed by atoms with Gasteiger partial charge in [-0.2, -0.15) is 0 Å². The molecule has 1 atom stereocenters. The van der Waals surface area contributed by atoms with Crippen molar-refractivity contribution < 1.29 is 19.1 Å². The Morgan fingerprint density at radius 1 is 1.19 bits per heavy atom. The first-order chi connectivity index (χ1) is 14.9. The van der Waals surface area contributed by atoms with Gasteiger partial charge in [0.15, 0.2) is 0 Å². The molecule has 0 spiro atoms. The van der Waals surface area contributed by atoms with E-state index in [1.54, 1.807) is 41.4 Å². The van der Waals surface area contributed by atoms with Gasteiger partial charge in [-0.25, -0.2) is 4.79 Å². The summed E-state index contributed by atoms with van der Waals surface area (Å²) in [5.41, 5.74) is 0.392. The van der Waals surface area contributed by atoms with Crippen molar-refractivity contribution in [3.8, 4) is 5.75 Å². The van der Waals surface area contributed by atoms with Crippen LogP contribution in [0.4, 0.5) is 0 Å². The molecule has 1 unspecified atom stereocenters. The molecule has 1 N–H and O–H groups in total. The van der Waals surface area contributed by atoms with Crippen molar-refractivity contribution >= 4 is 16.9 Å². The van der Waals surface area contributed by atoms with Gasteiger partial charge in [0.05, 0.1) is 17.9 Å². The van der Waals surface area contributed by atoms with Gasteiger partial charge in [0, 0.05) is 30.7 Å². The number of pyridine rings is 1. The lowest BCUT2D eigenvalue weighted by Gasteiger charge is -2.33. The van der Waals surface area contributed by atoms with Crippen molar-refractivity contribution in [2.75, 3.05) is 13.1 Å². The fraction of sp³-hybridized carbons (Fsp3) is 0.375. The van der Waals surface area contributed by atoms with Crippen LogP contribution in [0.3, 0.4) is 0 Å². The van der Waals surface area contributed by atoms with E-state index in [4.69, 9.17) is 9.15 Å². The van der Waals surface area contributed by atoms with Crippen LogP contribution in [0, 0.1) is 5.92 Å². The fourth-order valence-electron chi connectivity index (χ4n) is 3.97. The molecule has 0 bridgehead atoms. The number of aliphatic hydroxyl groups is 1. The normalized spacial score (nSPS) is 15.9. The van der Waals surface area contributed by atoms with Crippen molar-refractivity contribution in [2.24, 2.45) is 5.92 Å². The number of hydrogen-bond donors (Lipinski definition) is 1. The molecule has 3 aromatic rings. The average Bonchev–Trinajstić information content (AvgIpc) is 2.78. The van der Waals surface area contributed by atoms with Gasteiger partial charge in [0.25, 0.3) is 5.91 Å². The lowest BCUT2D eigenvalue weighted by atomic mass is 9.89. The maximum Gasteiger partial charge on any atom is 0.349 e. The molecular weight excluding hydrogens is 396 g/mol. The van der Waals surface area contributed by atoms with Crippen molar-refractivity contribution in [1.82, 2.24) is 9.88 Å². The van der Waals surface area contributed by atoms with Crippen LogP contribution in [-0.2, 0) is 0 Å². The zero-order valence-corrected chi connectivity index (χ0v) is 17.7. The molecule has 1 aromatic carbocycles. The zero-order chi connectivity index (χ0) is 22.0. The fourth-order valence-corrected chi connectivity index (χ4v) is 3.97. The van der Waals surface area contributed by atoms with E-state index >= 15 is 0 Å². The molecular formula is C24H26N2O5. The minimum absolute atomic E-state index is 0.00383. The first kappa shape index (κ1) is 21.1. The van der Waals surface area contributed by atoms with Gasteiger partial charge in [0.2, 0.25) is 0 Å². The Bertz CT molecular complexity index is 1120. The Morgan fingerprint density at radius 3 is 2.65 bits per heavy atom. The monoisotopic (exact) mass is 422 g/mol. The van der Waals surface area contributed by atoms with Crippen molar-refractivity contribution in [3.05, 3.63) is 70.3 Å². The smallest absolute Gasteiger partial charge is 0.349 e. The molecule has 2 aromatic heterocycles. The number of carbonyl (C=O) groups is 1. The third-order valence-electron chi connectivity index (χ3n) is 5.57. The van der Waals surface area contributed by atoms with Gasteiger partial charge in [-0.05, 0) is 62.9 Å². The largest absolute Gasteiger partial charge is 0.491 e. The number of likely N-dealkylation sites (tertiary alicyclic amines) is 1. The van der Waals surface area contributed by atoms with E-state index in [1.807, 2.05) is 26.0 Å². The summed E-state index contributed by atoms with van der Waals surface area (Å²) in [5, 5.41) is 11.3. The first-order valence-electron chi connectivity index (χ1n) is 10.5. The molecule has 1 aliphatic heterocycles. The number of fused-ring (bicyclic) bond motifs is 1. The lowest BCUT2D eigenvalue weighted by molar-refractivity contribution is 0.0445. The molecule has 1 amide bonds. The summed E-state index contributed by atoms with van der Waals surface area (Å²) in [6.07, 6.45) is 2.28. The number of amides is 1. The summed E-state index contributed by atoms with van der Waals surface area (Å²) in [4.78, 5) is 31.4. The summed E-state index contributed by atoms with van der Waals surface area (Å²) in [5.74, 6) is 0.286. The molecule has 162 valence electrons. The molecule has 0 radical (unpaired) electrons. The quantitative estimate of drug-likeness (QED) is 0.632. The Kier molecular flexibility index (Phi) is 6.04. The van der Waals surface area contributed by atoms with Crippen LogP contribution in [0.15, 0.2) is 57.9 Å². The van der Waals surface area contributed by atoms with E-state index in [1.165, 1.54) is 0 Å². The zero-order valence-electron chi connectivity index (χ0n) is 17.7. The molecule has 31 heavy (non-hydrogen) atoms. The number of hydrogen-bond acceptors (Lipinski definition) is 6. The maximum atomic E-state index is 13.0. The summed E-state index contributed by atoms with van der Waals surface area (Å²) in [7, 11) is 0. The molecule has 0 aliphatic carbocycles. The van der Waals surface area contributed by atoms with E-state index in [2.05, 4.69) is 4.98 Å². The van der Waals surface area contributed by atoms with E-state index in [9.17, 15) is 14.7 Å². The third kappa shape index (κ3) is 4.61. The minimum Gasteiger partial charge on any atom is -0.491 e. The van der Waals surface area contributed by atoms with Crippen LogP contribution in [0.2, 0.25) is 0 Å². The Balaban J connectivity index is 1.47. The second-order valence-corrected chi connectivity index (χ2v) is 8.14. The maximum absolute atomic E-state index is 13.0. The second kappa shape index (κ2) is 8.89. The van der Waals surface area contributed by atoms with E-state index in [-0.39, 0.29) is 23.5 Å². The number of piperidine rings is 1. The molecule has 4 rings (SSSR count). The van der Waals surface area contributed by atoms with Gasteiger partial charge in [0.1, 0.15) is 16.9 Å². The van der Waals surface area contributed by atoms with Crippen LogP contribution in [0.25, 0.3) is 11.0 Å². The lowest BCUT2D eigenvalue weighted by Crippen LogP contribution is -2.41. The van der Waals surface area contributed by atoms with Gasteiger partial charge < -0.3 is 19.2 Å². The standard InChI is InChI=1S/C24H26N2O5/c1-15(2)30-18-7-6-17-13-19(24(29)31-21(17)14-18)23(28)26-11-8-16(9-12-26)22(27)20-5-3-4-10-25-20/h3-7,10,13-16,22,27H,8-9,11-12H2,1-2H3. The van der Waals surface area contributed by atoms with Gasteiger partial charge in [-0.1, -0.05) is 6.07 Å². The topological polar surface area (TPSA) is 92.9 Å². The van der Waals surface area contributed by atoms with Gasteiger partial charge in [-0.3, -0.25) is 9.78 Å². The van der Waals surface area contributed by atoms with E-state index in [0.717, 1.165) is 0 Å². The number of aromatic nitrogens is 1.